The van der Waals surface area contributed by atoms with Crippen LogP contribution in [-0.4, -0.2) is 11.0 Å². The molecule has 1 aromatic rings. The Morgan fingerprint density at radius 2 is 2.33 bits per heavy atom. The van der Waals surface area contributed by atoms with E-state index in [-0.39, 0.29) is 12.1 Å². The van der Waals surface area contributed by atoms with Crippen molar-refractivity contribution in [3.8, 4) is 11.8 Å². The lowest BCUT2D eigenvalue weighted by atomic mass is 10.2. The van der Waals surface area contributed by atoms with Gasteiger partial charge in [-0.3, -0.25) is 4.79 Å². The van der Waals surface area contributed by atoms with Crippen LogP contribution >= 0.6 is 11.6 Å². The molecule has 0 aliphatic heterocycles. The third-order valence-corrected chi connectivity index (χ3v) is 1.94. The highest BCUT2D eigenvalue weighted by molar-refractivity contribution is 6.32. The number of halogens is 2. The van der Waals surface area contributed by atoms with Gasteiger partial charge >= 0.3 is 0 Å². The molecule has 0 bridgehead atoms. The number of hydrogen-bond donors (Lipinski definition) is 2. The maximum absolute atomic E-state index is 13.3. The van der Waals surface area contributed by atoms with Crippen molar-refractivity contribution in [3.63, 3.8) is 0 Å². The summed E-state index contributed by atoms with van der Waals surface area (Å²) in [7, 11) is 0. The summed E-state index contributed by atoms with van der Waals surface area (Å²) in [6.07, 6.45) is -0.377. The van der Waals surface area contributed by atoms with Gasteiger partial charge in [-0.25, -0.2) is 4.39 Å². The summed E-state index contributed by atoms with van der Waals surface area (Å²) in [5.74, 6) is -1.98. The Morgan fingerprint density at radius 3 is 2.93 bits per heavy atom. The second-order valence-corrected chi connectivity index (χ2v) is 3.02. The van der Waals surface area contributed by atoms with Gasteiger partial charge in [-0.05, 0) is 12.1 Å². The summed E-state index contributed by atoms with van der Waals surface area (Å²) in [4.78, 5) is 11.0. The fraction of sp³-hybridized carbons (Fsp3) is 0.111. The summed E-state index contributed by atoms with van der Waals surface area (Å²) in [6.45, 7) is 0. The van der Waals surface area contributed by atoms with Crippen LogP contribution in [-0.2, 0) is 4.79 Å². The summed E-state index contributed by atoms with van der Waals surface area (Å²) in [6, 6.07) is 3.92. The van der Waals surface area contributed by atoms with Gasteiger partial charge < -0.3 is 10.4 Å². The number of carbonyl (C=O) groups is 1. The van der Waals surface area contributed by atoms with E-state index in [1.807, 2.05) is 0 Å². The highest BCUT2D eigenvalue weighted by Crippen LogP contribution is 2.30. The van der Waals surface area contributed by atoms with Crippen LogP contribution in [0.5, 0.6) is 5.75 Å². The van der Waals surface area contributed by atoms with Gasteiger partial charge in [-0.1, -0.05) is 11.6 Å². The molecule has 6 heteroatoms. The van der Waals surface area contributed by atoms with Crippen LogP contribution in [0.1, 0.15) is 6.42 Å². The SMILES string of the molecule is N#CCC(=O)Nc1ccc(O)c(Cl)c1F. The van der Waals surface area contributed by atoms with Gasteiger partial charge in [-0.2, -0.15) is 5.26 Å². The van der Waals surface area contributed by atoms with Gasteiger partial charge in [0.2, 0.25) is 5.91 Å². The van der Waals surface area contributed by atoms with Crippen molar-refractivity contribution in [3.05, 3.63) is 23.0 Å². The molecule has 0 atom stereocenters. The van der Waals surface area contributed by atoms with Crippen LogP contribution in [0.3, 0.4) is 0 Å². The summed E-state index contributed by atoms with van der Waals surface area (Å²) >= 11 is 5.40. The summed E-state index contributed by atoms with van der Waals surface area (Å²) in [5.41, 5.74) is -0.168. The van der Waals surface area contributed by atoms with Crippen molar-refractivity contribution in [2.75, 3.05) is 5.32 Å². The molecule has 0 heterocycles. The fourth-order valence-electron chi connectivity index (χ4n) is 0.902. The first-order chi connectivity index (χ1) is 7.06. The van der Waals surface area contributed by atoms with Gasteiger partial charge in [0.15, 0.2) is 5.82 Å². The summed E-state index contributed by atoms with van der Waals surface area (Å²) in [5, 5.41) is 18.9. The minimum absolute atomic E-state index is 0.168. The van der Waals surface area contributed by atoms with Gasteiger partial charge in [0, 0.05) is 0 Å². The van der Waals surface area contributed by atoms with Crippen LogP contribution in [0.4, 0.5) is 10.1 Å². The summed E-state index contributed by atoms with van der Waals surface area (Å²) < 4.78 is 13.3. The average Bonchev–Trinajstić information content (AvgIpc) is 2.20. The molecule has 15 heavy (non-hydrogen) atoms. The van der Waals surface area contributed by atoms with Gasteiger partial charge in [0.25, 0.3) is 0 Å². The minimum atomic E-state index is -0.928. The maximum Gasteiger partial charge on any atom is 0.238 e. The molecule has 2 N–H and O–H groups in total. The number of amides is 1. The van der Waals surface area contributed by atoms with Crippen LogP contribution < -0.4 is 5.32 Å². The lowest BCUT2D eigenvalue weighted by Crippen LogP contribution is -2.11. The van der Waals surface area contributed by atoms with Crippen molar-refractivity contribution in [2.24, 2.45) is 0 Å². The molecule has 0 radical (unpaired) electrons. The molecule has 0 saturated heterocycles. The number of phenols is 1. The van der Waals surface area contributed by atoms with Crippen LogP contribution in [0.25, 0.3) is 0 Å². The molecule has 1 amide bonds. The Bertz CT molecular complexity index is 442. The zero-order chi connectivity index (χ0) is 11.4. The molecular formula is C9H6ClFN2O2. The van der Waals surface area contributed by atoms with Gasteiger partial charge in [0.05, 0.1) is 11.8 Å². The van der Waals surface area contributed by atoms with Crippen LogP contribution in [0.2, 0.25) is 5.02 Å². The van der Waals surface area contributed by atoms with E-state index in [1.54, 1.807) is 6.07 Å². The third-order valence-electron chi connectivity index (χ3n) is 1.58. The molecule has 4 nitrogen and oxygen atoms in total. The van der Waals surface area contributed by atoms with Gasteiger partial charge in [-0.15, -0.1) is 0 Å². The monoisotopic (exact) mass is 228 g/mol. The number of aromatic hydroxyl groups is 1. The highest BCUT2D eigenvalue weighted by Gasteiger charge is 2.12. The smallest absolute Gasteiger partial charge is 0.238 e. The molecule has 0 aliphatic rings. The topological polar surface area (TPSA) is 73.1 Å². The zero-order valence-corrected chi connectivity index (χ0v) is 8.18. The lowest BCUT2D eigenvalue weighted by Gasteiger charge is -2.06. The van der Waals surface area contributed by atoms with Crippen molar-refractivity contribution < 1.29 is 14.3 Å². The number of hydrogen-bond acceptors (Lipinski definition) is 3. The Hall–Kier alpha value is -1.80. The molecule has 78 valence electrons. The number of anilines is 1. The largest absolute Gasteiger partial charge is 0.506 e. The average molecular weight is 229 g/mol. The van der Waals surface area contributed by atoms with E-state index in [4.69, 9.17) is 22.0 Å². The molecule has 1 rings (SSSR count). The molecule has 0 aliphatic carbocycles. The number of nitrogens with zero attached hydrogens (tertiary/aromatic N) is 1. The predicted molar refractivity (Wildman–Crippen MR) is 51.9 cm³/mol. The van der Waals surface area contributed by atoms with E-state index in [1.165, 1.54) is 0 Å². The van der Waals surface area contributed by atoms with Gasteiger partial charge in [0.1, 0.15) is 17.2 Å². The van der Waals surface area contributed by atoms with E-state index >= 15 is 0 Å². The molecule has 1 aromatic carbocycles. The van der Waals surface area contributed by atoms with Crippen molar-refractivity contribution in [1.29, 1.82) is 5.26 Å². The minimum Gasteiger partial charge on any atom is -0.506 e. The third kappa shape index (κ3) is 2.58. The number of phenolic OH excluding ortho intramolecular Hbond substituents is 1. The Labute approximate surface area is 89.9 Å². The van der Waals surface area contributed by atoms with Crippen LogP contribution in [0, 0.1) is 17.1 Å². The number of benzene rings is 1. The maximum atomic E-state index is 13.3. The molecule has 0 saturated carbocycles. The van der Waals surface area contributed by atoms with E-state index < -0.39 is 22.5 Å². The quantitative estimate of drug-likeness (QED) is 0.761. The Morgan fingerprint density at radius 1 is 1.67 bits per heavy atom. The van der Waals surface area contributed by atoms with E-state index in [0.717, 1.165) is 12.1 Å². The molecule has 0 fully saturated rings. The predicted octanol–water partition coefficient (Wildman–Crippen LogP) is 2.04. The first-order valence-electron chi connectivity index (χ1n) is 3.90. The fourth-order valence-corrected chi connectivity index (χ4v) is 1.07. The number of carbonyl (C=O) groups excluding carboxylic acids is 1. The second-order valence-electron chi connectivity index (χ2n) is 2.64. The first-order valence-corrected chi connectivity index (χ1v) is 4.28. The Kier molecular flexibility index (Phi) is 3.47. The standard InChI is InChI=1S/C9H6ClFN2O2/c10-8-6(14)2-1-5(9(8)11)13-7(15)3-4-12/h1-2,14H,3H2,(H,13,15). The zero-order valence-electron chi connectivity index (χ0n) is 7.42. The molecule has 0 spiro atoms. The second kappa shape index (κ2) is 4.62. The number of nitrogens with one attached hydrogen (secondary N) is 1. The normalized spacial score (nSPS) is 9.40. The lowest BCUT2D eigenvalue weighted by molar-refractivity contribution is -0.115. The first kappa shape index (κ1) is 11.3. The Balaban J connectivity index is 2.93. The molecule has 0 unspecified atom stereocenters. The van der Waals surface area contributed by atoms with E-state index in [9.17, 15) is 9.18 Å². The van der Waals surface area contributed by atoms with E-state index in [2.05, 4.69) is 5.32 Å². The van der Waals surface area contributed by atoms with Crippen molar-refractivity contribution in [2.45, 2.75) is 6.42 Å². The highest BCUT2D eigenvalue weighted by atomic mass is 35.5. The van der Waals surface area contributed by atoms with E-state index in [0.29, 0.717) is 0 Å². The number of rotatable bonds is 2. The number of nitriles is 1. The molecular weight excluding hydrogens is 223 g/mol. The van der Waals surface area contributed by atoms with Crippen LogP contribution in [0.15, 0.2) is 12.1 Å². The van der Waals surface area contributed by atoms with Crippen molar-refractivity contribution in [1.82, 2.24) is 0 Å². The van der Waals surface area contributed by atoms with Crippen molar-refractivity contribution >= 4 is 23.2 Å². The molecule has 0 aromatic heterocycles.